The minimum absolute atomic E-state index is 0.0510. The highest BCUT2D eigenvalue weighted by Crippen LogP contribution is 2.08. The van der Waals surface area contributed by atoms with Crippen LogP contribution in [0.4, 0.5) is 0 Å². The van der Waals surface area contributed by atoms with Gasteiger partial charge in [-0.25, -0.2) is 4.99 Å². The third-order valence-electron chi connectivity index (χ3n) is 3.30. The molecule has 2 aromatic rings. The second kappa shape index (κ2) is 7.59. The molecule has 0 aliphatic heterocycles. The monoisotopic (exact) mass is 334 g/mol. The molecule has 2 aromatic heterocycles. The molecule has 126 valence electrons. The summed E-state index contributed by atoms with van der Waals surface area (Å²) in [6, 6.07) is 4.24. The van der Waals surface area contributed by atoms with Crippen LogP contribution in [0.5, 0.6) is 0 Å². The maximum absolute atomic E-state index is 4.65. The van der Waals surface area contributed by atoms with E-state index >= 15 is 0 Å². The summed E-state index contributed by atoms with van der Waals surface area (Å²) in [5.41, 5.74) is -0.0510. The zero-order valence-corrected chi connectivity index (χ0v) is 15.4. The molecule has 0 atom stereocenters. The van der Waals surface area contributed by atoms with Crippen molar-refractivity contribution in [1.29, 1.82) is 0 Å². The van der Waals surface area contributed by atoms with Crippen LogP contribution in [-0.2, 0) is 20.0 Å². The van der Waals surface area contributed by atoms with Gasteiger partial charge in [-0.1, -0.05) is 6.07 Å². The van der Waals surface area contributed by atoms with E-state index in [1.54, 1.807) is 11.3 Å². The molecule has 0 spiro atoms. The van der Waals surface area contributed by atoms with Crippen LogP contribution in [0.2, 0.25) is 0 Å². The smallest absolute Gasteiger partial charge is 0.192 e. The first kappa shape index (κ1) is 17.5. The first-order chi connectivity index (χ1) is 10.8. The predicted molar refractivity (Wildman–Crippen MR) is 95.8 cm³/mol. The Bertz CT molecular complexity index is 636. The molecule has 7 heteroatoms. The number of aryl methyl sites for hydroxylation is 1. The molecule has 0 fully saturated rings. The van der Waals surface area contributed by atoms with E-state index in [1.807, 2.05) is 18.5 Å². The molecule has 0 radical (unpaired) electrons. The number of thiophene rings is 1. The summed E-state index contributed by atoms with van der Waals surface area (Å²) in [6.07, 6.45) is 0.992. The molecule has 2 heterocycles. The lowest BCUT2D eigenvalue weighted by molar-refractivity contribution is 0.500. The summed E-state index contributed by atoms with van der Waals surface area (Å²) in [5.74, 6) is 2.55. The van der Waals surface area contributed by atoms with Gasteiger partial charge in [0.2, 0.25) is 0 Å². The van der Waals surface area contributed by atoms with E-state index < -0.39 is 0 Å². The quantitative estimate of drug-likeness (QED) is 0.650. The lowest BCUT2D eigenvalue weighted by Gasteiger charge is -2.24. The fourth-order valence-corrected chi connectivity index (χ4v) is 2.70. The third-order valence-corrected chi connectivity index (χ3v) is 4.23. The van der Waals surface area contributed by atoms with Gasteiger partial charge in [0, 0.05) is 24.0 Å². The molecule has 0 saturated carbocycles. The van der Waals surface area contributed by atoms with E-state index in [0.717, 1.165) is 30.6 Å². The summed E-state index contributed by atoms with van der Waals surface area (Å²) in [4.78, 5) is 6.02. The molecule has 0 unspecified atom stereocenters. The van der Waals surface area contributed by atoms with E-state index in [9.17, 15) is 0 Å². The van der Waals surface area contributed by atoms with Gasteiger partial charge in [0.1, 0.15) is 12.4 Å². The normalized spacial score (nSPS) is 12.5. The molecule has 23 heavy (non-hydrogen) atoms. The largest absolute Gasteiger partial charge is 0.356 e. The molecule has 2 N–H and O–H groups in total. The summed E-state index contributed by atoms with van der Waals surface area (Å²) in [5, 5.41) is 17.1. The van der Waals surface area contributed by atoms with E-state index in [1.165, 1.54) is 4.88 Å². The van der Waals surface area contributed by atoms with Crippen molar-refractivity contribution in [3.05, 3.63) is 34.0 Å². The molecule has 0 aliphatic carbocycles. The van der Waals surface area contributed by atoms with E-state index in [2.05, 4.69) is 64.1 Å². The van der Waals surface area contributed by atoms with Crippen LogP contribution in [-0.4, -0.2) is 32.8 Å². The molecule has 0 aliphatic rings. The average molecular weight is 334 g/mol. The molecule has 0 saturated heterocycles. The minimum Gasteiger partial charge on any atom is -0.356 e. The first-order valence-electron chi connectivity index (χ1n) is 7.79. The van der Waals surface area contributed by atoms with Crippen molar-refractivity contribution < 1.29 is 0 Å². The number of nitrogens with zero attached hydrogens (tertiary/aromatic N) is 4. The molecular weight excluding hydrogens is 308 g/mol. The Balaban J connectivity index is 1.97. The molecule has 0 aromatic carbocycles. The van der Waals surface area contributed by atoms with Crippen LogP contribution < -0.4 is 10.6 Å². The van der Waals surface area contributed by atoms with Crippen molar-refractivity contribution in [2.75, 3.05) is 6.54 Å². The SMILES string of the molecule is Cc1nnc(CN=C(NCCc2cccs2)NC(C)(C)C)n1C. The van der Waals surface area contributed by atoms with Crippen LogP contribution >= 0.6 is 11.3 Å². The Morgan fingerprint density at radius 1 is 1.35 bits per heavy atom. The highest BCUT2D eigenvalue weighted by atomic mass is 32.1. The van der Waals surface area contributed by atoms with Crippen molar-refractivity contribution >= 4 is 17.3 Å². The topological polar surface area (TPSA) is 67.1 Å². The fraction of sp³-hybridized carbons (Fsp3) is 0.562. The van der Waals surface area contributed by atoms with Crippen molar-refractivity contribution in [3.8, 4) is 0 Å². The molecular formula is C16H26N6S. The lowest BCUT2D eigenvalue weighted by atomic mass is 10.1. The van der Waals surface area contributed by atoms with Crippen LogP contribution in [0.3, 0.4) is 0 Å². The number of guanidine groups is 1. The van der Waals surface area contributed by atoms with E-state index in [0.29, 0.717) is 6.54 Å². The zero-order chi connectivity index (χ0) is 16.9. The van der Waals surface area contributed by atoms with Gasteiger partial charge < -0.3 is 15.2 Å². The van der Waals surface area contributed by atoms with E-state index in [4.69, 9.17) is 0 Å². The Morgan fingerprint density at radius 2 is 2.13 bits per heavy atom. The Kier molecular flexibility index (Phi) is 5.76. The average Bonchev–Trinajstić information content (AvgIpc) is 3.07. The highest BCUT2D eigenvalue weighted by molar-refractivity contribution is 7.09. The van der Waals surface area contributed by atoms with Gasteiger partial charge >= 0.3 is 0 Å². The van der Waals surface area contributed by atoms with Gasteiger partial charge in [-0.05, 0) is 45.6 Å². The predicted octanol–water partition coefficient (Wildman–Crippen LogP) is 2.26. The summed E-state index contributed by atoms with van der Waals surface area (Å²) < 4.78 is 1.96. The summed E-state index contributed by atoms with van der Waals surface area (Å²) >= 11 is 1.78. The van der Waals surface area contributed by atoms with Gasteiger partial charge in [0.25, 0.3) is 0 Å². The number of hydrogen-bond acceptors (Lipinski definition) is 4. The third kappa shape index (κ3) is 5.67. The summed E-state index contributed by atoms with van der Waals surface area (Å²) in [7, 11) is 1.96. The zero-order valence-electron chi connectivity index (χ0n) is 14.6. The highest BCUT2D eigenvalue weighted by Gasteiger charge is 2.13. The Labute approximate surface area is 142 Å². The second-order valence-corrected chi connectivity index (χ2v) is 7.55. The van der Waals surface area contributed by atoms with Gasteiger partial charge in [-0.15, -0.1) is 21.5 Å². The number of hydrogen-bond donors (Lipinski definition) is 2. The van der Waals surface area contributed by atoms with Gasteiger partial charge in [0.15, 0.2) is 11.8 Å². The first-order valence-corrected chi connectivity index (χ1v) is 8.67. The van der Waals surface area contributed by atoms with Crippen LogP contribution in [0.1, 0.15) is 37.3 Å². The number of nitrogens with one attached hydrogen (secondary N) is 2. The summed E-state index contributed by atoms with van der Waals surface area (Å²) in [6.45, 7) is 9.65. The number of aliphatic imine (C=N–C) groups is 1. The molecule has 0 bridgehead atoms. The minimum atomic E-state index is -0.0510. The van der Waals surface area contributed by atoms with Gasteiger partial charge in [0.05, 0.1) is 0 Å². The Hall–Kier alpha value is -1.89. The Morgan fingerprint density at radius 3 is 2.70 bits per heavy atom. The standard InChI is InChI=1S/C16H26N6S/c1-12-20-21-14(22(12)5)11-18-15(19-16(2,3)4)17-9-8-13-7-6-10-23-13/h6-7,10H,8-9,11H2,1-5H3,(H2,17,18,19). The second-order valence-electron chi connectivity index (χ2n) is 6.52. The van der Waals surface area contributed by atoms with E-state index in [-0.39, 0.29) is 5.54 Å². The maximum atomic E-state index is 4.65. The van der Waals surface area contributed by atoms with Crippen LogP contribution in [0.25, 0.3) is 0 Å². The molecule has 2 rings (SSSR count). The van der Waals surface area contributed by atoms with Crippen molar-refractivity contribution in [3.63, 3.8) is 0 Å². The van der Waals surface area contributed by atoms with Gasteiger partial charge in [-0.3, -0.25) is 0 Å². The fourth-order valence-electron chi connectivity index (χ4n) is 1.99. The van der Waals surface area contributed by atoms with Crippen molar-refractivity contribution in [1.82, 2.24) is 25.4 Å². The molecule has 0 amide bonds. The van der Waals surface area contributed by atoms with Crippen LogP contribution in [0, 0.1) is 6.92 Å². The number of rotatable bonds is 5. The molecule has 6 nitrogen and oxygen atoms in total. The van der Waals surface area contributed by atoms with Crippen molar-refractivity contribution in [2.24, 2.45) is 12.0 Å². The van der Waals surface area contributed by atoms with Crippen LogP contribution in [0.15, 0.2) is 22.5 Å². The lowest BCUT2D eigenvalue weighted by Crippen LogP contribution is -2.48. The maximum Gasteiger partial charge on any atom is 0.192 e. The van der Waals surface area contributed by atoms with Crippen molar-refractivity contribution in [2.45, 2.75) is 46.2 Å². The number of aromatic nitrogens is 3. The van der Waals surface area contributed by atoms with Gasteiger partial charge in [-0.2, -0.15) is 0 Å².